The number of ether oxygens (including phenoxy) is 3. The molecule has 1 saturated heterocycles. The number of aliphatic hydroxyl groups is 1. The molecule has 0 bridgehead atoms. The topological polar surface area (TPSA) is 56.8 Å². The number of piperazine rings is 1. The van der Waals surface area contributed by atoms with Crippen LogP contribution in [0.5, 0.6) is 17.2 Å². The van der Waals surface area contributed by atoms with Crippen molar-refractivity contribution < 1.29 is 29.1 Å². The minimum Gasteiger partial charge on any atom is -0.491 e. The van der Waals surface area contributed by atoms with E-state index in [0.29, 0.717) is 13.4 Å². The Bertz CT molecular complexity index is 803. The van der Waals surface area contributed by atoms with Crippen LogP contribution >= 0.6 is 0 Å². The van der Waals surface area contributed by atoms with Crippen LogP contribution in [0.3, 0.4) is 0 Å². The van der Waals surface area contributed by atoms with Crippen LogP contribution in [0.25, 0.3) is 0 Å². The molecule has 2 aliphatic heterocycles. The molecule has 2 aliphatic rings. The third-order valence-electron chi connectivity index (χ3n) is 5.98. The average Bonchev–Trinajstić information content (AvgIpc) is 3.23. The number of nitrogens with one attached hydrogen (secondary N) is 2. The number of hydrogen-bond acceptors (Lipinski definition) is 4. The molecule has 30 heavy (non-hydrogen) atoms. The van der Waals surface area contributed by atoms with Gasteiger partial charge >= 0.3 is 0 Å². The predicted molar refractivity (Wildman–Crippen MR) is 114 cm³/mol. The molecule has 0 amide bonds. The zero-order chi connectivity index (χ0) is 20.8. The minimum absolute atomic E-state index is 0.323. The number of hydrogen-bond donors (Lipinski definition) is 3. The highest BCUT2D eigenvalue weighted by atomic mass is 16.7. The Morgan fingerprint density at radius 1 is 0.933 bits per heavy atom. The minimum atomic E-state index is -0.439. The van der Waals surface area contributed by atoms with Crippen molar-refractivity contribution in [3.8, 4) is 17.2 Å². The van der Waals surface area contributed by atoms with Crippen molar-refractivity contribution in [1.29, 1.82) is 0 Å². The van der Waals surface area contributed by atoms with Crippen LogP contribution in [-0.4, -0.2) is 57.3 Å². The summed E-state index contributed by atoms with van der Waals surface area (Å²) in [4.78, 5) is 3.04. The van der Waals surface area contributed by atoms with E-state index in [0.717, 1.165) is 69.4 Å². The van der Waals surface area contributed by atoms with Gasteiger partial charge in [-0.1, -0.05) is 25.5 Å². The maximum absolute atomic E-state index is 10.4. The molecule has 162 valence electrons. The summed E-state index contributed by atoms with van der Waals surface area (Å²) in [5, 5.41) is 10.4. The van der Waals surface area contributed by atoms with Crippen molar-refractivity contribution in [2.45, 2.75) is 32.4 Å². The van der Waals surface area contributed by atoms with E-state index in [1.54, 1.807) is 4.90 Å². The zero-order valence-corrected chi connectivity index (χ0v) is 17.9. The van der Waals surface area contributed by atoms with Crippen LogP contribution in [0.1, 0.15) is 24.5 Å². The van der Waals surface area contributed by atoms with Crippen LogP contribution in [0.2, 0.25) is 0 Å². The second-order valence-corrected chi connectivity index (χ2v) is 8.43. The standard InChI is InChI=1S/C24H32N2O4/c1-2-3-19-4-7-22(8-5-19)28-17-21(27)16-26-12-10-25(11-13-26)15-20-6-9-23-24(14-20)30-18-29-23/h4-9,14,21,27H,2-3,10-13,15-18H2,1H3/p+2/t21-/m1/s1. The lowest BCUT2D eigenvalue weighted by molar-refractivity contribution is -1.02. The molecule has 1 atom stereocenters. The molecule has 4 rings (SSSR count). The van der Waals surface area contributed by atoms with Crippen molar-refractivity contribution in [2.24, 2.45) is 0 Å². The lowest BCUT2D eigenvalue weighted by atomic mass is 10.1. The molecular weight excluding hydrogens is 380 g/mol. The van der Waals surface area contributed by atoms with E-state index in [1.165, 1.54) is 16.0 Å². The number of aryl methyl sites for hydroxylation is 1. The average molecular weight is 415 g/mol. The highest BCUT2D eigenvalue weighted by molar-refractivity contribution is 5.44. The Morgan fingerprint density at radius 3 is 2.40 bits per heavy atom. The summed E-state index contributed by atoms with van der Waals surface area (Å²) in [6, 6.07) is 14.5. The van der Waals surface area contributed by atoms with Crippen LogP contribution in [0.4, 0.5) is 0 Å². The molecule has 6 heteroatoms. The van der Waals surface area contributed by atoms with Crippen molar-refractivity contribution in [3.63, 3.8) is 0 Å². The number of benzene rings is 2. The van der Waals surface area contributed by atoms with E-state index in [-0.39, 0.29) is 0 Å². The van der Waals surface area contributed by atoms with Gasteiger partial charge in [0.1, 0.15) is 57.7 Å². The quantitative estimate of drug-likeness (QED) is 0.545. The highest BCUT2D eigenvalue weighted by Gasteiger charge is 2.26. The fraction of sp³-hybridized carbons (Fsp3) is 0.500. The summed E-state index contributed by atoms with van der Waals surface area (Å²) < 4.78 is 16.7. The first-order valence-electron chi connectivity index (χ1n) is 11.1. The van der Waals surface area contributed by atoms with Gasteiger partial charge in [0.25, 0.3) is 0 Å². The first kappa shape index (κ1) is 21.0. The first-order valence-corrected chi connectivity index (χ1v) is 11.1. The summed E-state index contributed by atoms with van der Waals surface area (Å²) in [6.07, 6.45) is 1.80. The Labute approximate surface area is 179 Å². The number of aliphatic hydroxyl groups excluding tert-OH is 1. The Kier molecular flexibility index (Phi) is 7.10. The van der Waals surface area contributed by atoms with E-state index < -0.39 is 6.10 Å². The molecule has 6 nitrogen and oxygen atoms in total. The van der Waals surface area contributed by atoms with Crippen molar-refractivity contribution in [1.82, 2.24) is 0 Å². The maximum atomic E-state index is 10.4. The van der Waals surface area contributed by atoms with Crippen molar-refractivity contribution >= 4 is 0 Å². The lowest BCUT2D eigenvalue weighted by Gasteiger charge is -2.30. The second kappa shape index (κ2) is 10.2. The molecule has 0 aliphatic carbocycles. The molecule has 3 N–H and O–H groups in total. The molecule has 2 aromatic carbocycles. The van der Waals surface area contributed by atoms with Crippen LogP contribution in [0, 0.1) is 0 Å². The van der Waals surface area contributed by atoms with E-state index in [1.807, 2.05) is 18.2 Å². The van der Waals surface area contributed by atoms with Crippen molar-refractivity contribution in [2.75, 3.05) is 46.1 Å². The van der Waals surface area contributed by atoms with Crippen LogP contribution < -0.4 is 24.0 Å². The van der Waals surface area contributed by atoms with Gasteiger partial charge in [-0.15, -0.1) is 0 Å². The van der Waals surface area contributed by atoms with Gasteiger partial charge in [0.2, 0.25) is 6.79 Å². The molecule has 1 fully saturated rings. The summed E-state index contributed by atoms with van der Waals surface area (Å²) in [5.41, 5.74) is 2.62. The smallest absolute Gasteiger partial charge is 0.231 e. The van der Waals surface area contributed by atoms with E-state index in [4.69, 9.17) is 14.2 Å². The summed E-state index contributed by atoms with van der Waals surface area (Å²) in [6.45, 7) is 8.96. The third kappa shape index (κ3) is 5.65. The highest BCUT2D eigenvalue weighted by Crippen LogP contribution is 2.32. The fourth-order valence-electron chi connectivity index (χ4n) is 4.30. The monoisotopic (exact) mass is 414 g/mol. The van der Waals surface area contributed by atoms with E-state index >= 15 is 0 Å². The number of fused-ring (bicyclic) bond motifs is 1. The normalized spacial score (nSPS) is 21.4. The maximum Gasteiger partial charge on any atom is 0.231 e. The summed E-state index contributed by atoms with van der Waals surface area (Å²) in [5.74, 6) is 2.54. The van der Waals surface area contributed by atoms with E-state index in [2.05, 4.69) is 31.2 Å². The third-order valence-corrected chi connectivity index (χ3v) is 5.98. The molecule has 2 heterocycles. The molecular formula is C24H34N2O4+2. The van der Waals surface area contributed by atoms with Crippen molar-refractivity contribution in [3.05, 3.63) is 53.6 Å². The van der Waals surface area contributed by atoms with Gasteiger partial charge < -0.3 is 29.1 Å². The molecule has 0 aromatic heterocycles. The fourth-order valence-corrected chi connectivity index (χ4v) is 4.30. The van der Waals surface area contributed by atoms with Crippen LogP contribution in [0.15, 0.2) is 42.5 Å². The van der Waals surface area contributed by atoms with Gasteiger partial charge in [0, 0.05) is 5.56 Å². The largest absolute Gasteiger partial charge is 0.491 e. The Hall–Kier alpha value is -2.28. The van der Waals surface area contributed by atoms with E-state index in [9.17, 15) is 5.11 Å². The first-order chi connectivity index (χ1) is 14.7. The molecule has 2 aromatic rings. The number of quaternary nitrogens is 2. The number of rotatable bonds is 9. The summed E-state index contributed by atoms with van der Waals surface area (Å²) in [7, 11) is 0. The lowest BCUT2D eigenvalue weighted by Crippen LogP contribution is -3.28. The second-order valence-electron chi connectivity index (χ2n) is 8.43. The van der Waals surface area contributed by atoms with Crippen LogP contribution in [-0.2, 0) is 13.0 Å². The van der Waals surface area contributed by atoms with Gasteiger partial charge in [-0.3, -0.25) is 0 Å². The van der Waals surface area contributed by atoms with Gasteiger partial charge in [-0.05, 0) is 42.3 Å². The molecule has 0 spiro atoms. The SMILES string of the molecule is CCCc1ccc(OC[C@H](O)C[NH+]2CC[NH+](Cc3ccc4c(c3)OCO4)CC2)cc1. The van der Waals surface area contributed by atoms with Gasteiger partial charge in [-0.25, -0.2) is 0 Å². The predicted octanol–water partition coefficient (Wildman–Crippen LogP) is 0.0911. The molecule has 0 radical (unpaired) electrons. The van der Waals surface area contributed by atoms with Gasteiger partial charge in [0.05, 0.1) is 0 Å². The Morgan fingerprint density at radius 2 is 1.63 bits per heavy atom. The molecule has 0 unspecified atom stereocenters. The Balaban J connectivity index is 1.16. The summed E-state index contributed by atoms with van der Waals surface area (Å²) >= 11 is 0. The van der Waals surface area contributed by atoms with Gasteiger partial charge in [0.15, 0.2) is 11.5 Å². The zero-order valence-electron chi connectivity index (χ0n) is 17.9. The molecule has 0 saturated carbocycles. The van der Waals surface area contributed by atoms with Gasteiger partial charge in [-0.2, -0.15) is 0 Å².